The fourth-order valence-corrected chi connectivity index (χ4v) is 3.17. The van der Waals surface area contributed by atoms with E-state index in [9.17, 15) is 4.79 Å². The predicted molar refractivity (Wildman–Crippen MR) is 115 cm³/mol. The number of piperazine rings is 1. The molecule has 2 aliphatic rings. The average Bonchev–Trinajstić information content (AvgIpc) is 3.11. The van der Waals surface area contributed by atoms with Gasteiger partial charge < -0.3 is 15.5 Å². The van der Waals surface area contributed by atoms with Crippen LogP contribution in [0.1, 0.15) is 18.3 Å². The summed E-state index contributed by atoms with van der Waals surface area (Å²) in [5.41, 5.74) is 2.10. The molecule has 0 atom stereocenters. The molecule has 0 unspecified atom stereocenters. The third kappa shape index (κ3) is 4.97. The van der Waals surface area contributed by atoms with Gasteiger partial charge in [0.25, 0.3) is 0 Å². The minimum absolute atomic E-state index is 0.0547. The number of carbonyl (C=O) groups is 1. The first-order chi connectivity index (χ1) is 14.0. The van der Waals surface area contributed by atoms with Gasteiger partial charge in [0, 0.05) is 18.1 Å². The maximum atomic E-state index is 11.8. The third-order valence-corrected chi connectivity index (χ3v) is 4.59. The van der Waals surface area contributed by atoms with E-state index >= 15 is 0 Å². The van der Waals surface area contributed by atoms with Crippen LogP contribution in [0.3, 0.4) is 0 Å². The first-order valence-corrected chi connectivity index (χ1v) is 9.63. The van der Waals surface area contributed by atoms with E-state index in [0.29, 0.717) is 48.2 Å². The number of amidine groups is 1. The van der Waals surface area contributed by atoms with Gasteiger partial charge in [0.05, 0.1) is 13.1 Å². The number of amides is 1. The van der Waals surface area contributed by atoms with Crippen LogP contribution in [-0.4, -0.2) is 52.9 Å². The fraction of sp³-hybridized carbons (Fsp3) is 0.250. The van der Waals surface area contributed by atoms with E-state index < -0.39 is 0 Å². The number of anilines is 2. The van der Waals surface area contributed by atoms with Gasteiger partial charge in [0.1, 0.15) is 5.84 Å². The van der Waals surface area contributed by atoms with Crippen molar-refractivity contribution in [1.29, 1.82) is 0 Å². The molecular formula is C20H20ClN7O. The Hall–Kier alpha value is -3.26. The van der Waals surface area contributed by atoms with E-state index in [-0.39, 0.29) is 12.5 Å². The Kier molecular flexibility index (Phi) is 5.53. The Morgan fingerprint density at radius 2 is 2.14 bits per heavy atom. The van der Waals surface area contributed by atoms with E-state index in [0.717, 1.165) is 11.1 Å². The Balaban J connectivity index is 1.64. The zero-order valence-electron chi connectivity index (χ0n) is 15.9. The highest BCUT2D eigenvalue weighted by atomic mass is 35.5. The second kappa shape index (κ2) is 8.40. The molecule has 9 heteroatoms. The van der Waals surface area contributed by atoms with Crippen molar-refractivity contribution in [2.45, 2.75) is 6.92 Å². The lowest BCUT2D eigenvalue weighted by Gasteiger charge is -2.26. The van der Waals surface area contributed by atoms with E-state index in [1.165, 1.54) is 0 Å². The van der Waals surface area contributed by atoms with Gasteiger partial charge in [-0.15, -0.1) is 0 Å². The van der Waals surface area contributed by atoms with Crippen LogP contribution in [0.25, 0.3) is 12.2 Å². The van der Waals surface area contributed by atoms with Crippen LogP contribution in [0, 0.1) is 0 Å². The molecule has 3 heterocycles. The molecule has 0 saturated carbocycles. The van der Waals surface area contributed by atoms with Crippen molar-refractivity contribution in [3.05, 3.63) is 52.3 Å². The monoisotopic (exact) mass is 409 g/mol. The first-order valence-electron chi connectivity index (χ1n) is 9.25. The van der Waals surface area contributed by atoms with Crippen molar-refractivity contribution >= 4 is 47.4 Å². The zero-order valence-corrected chi connectivity index (χ0v) is 16.6. The van der Waals surface area contributed by atoms with Gasteiger partial charge in [-0.25, -0.2) is 0 Å². The highest BCUT2D eigenvalue weighted by Gasteiger charge is 2.20. The minimum atomic E-state index is -0.0547. The van der Waals surface area contributed by atoms with Crippen LogP contribution in [0.2, 0.25) is 5.02 Å². The average molecular weight is 410 g/mol. The summed E-state index contributed by atoms with van der Waals surface area (Å²) in [5, 5.41) is 6.60. The van der Waals surface area contributed by atoms with Crippen LogP contribution in [0.5, 0.6) is 0 Å². The van der Waals surface area contributed by atoms with Crippen molar-refractivity contribution in [1.82, 2.24) is 20.3 Å². The molecule has 29 heavy (non-hydrogen) atoms. The second-order valence-corrected chi connectivity index (χ2v) is 7.23. The SMILES string of the molecule is CC1=CC(Nc2nc(/C=C/c3cccc(Cl)c3)nc(N3CCNC(=O)C3)n2)=NC1. The fourth-order valence-electron chi connectivity index (χ4n) is 2.97. The number of halogens is 1. The first kappa shape index (κ1) is 19.1. The van der Waals surface area contributed by atoms with E-state index in [4.69, 9.17) is 11.6 Å². The molecule has 4 rings (SSSR count). The van der Waals surface area contributed by atoms with Gasteiger partial charge in [0.2, 0.25) is 17.8 Å². The normalized spacial score (nSPS) is 16.6. The van der Waals surface area contributed by atoms with Crippen molar-refractivity contribution in [3.63, 3.8) is 0 Å². The largest absolute Gasteiger partial charge is 0.353 e. The lowest BCUT2D eigenvalue weighted by Crippen LogP contribution is -2.48. The molecule has 2 N–H and O–H groups in total. The van der Waals surface area contributed by atoms with E-state index in [2.05, 4.69) is 30.6 Å². The summed E-state index contributed by atoms with van der Waals surface area (Å²) >= 11 is 6.05. The molecule has 2 aliphatic heterocycles. The number of nitrogens with zero attached hydrogens (tertiary/aromatic N) is 5. The number of hydrogen-bond donors (Lipinski definition) is 2. The predicted octanol–water partition coefficient (Wildman–Crippen LogP) is 2.40. The Labute approximate surface area is 173 Å². The van der Waals surface area contributed by atoms with Gasteiger partial charge in [-0.3, -0.25) is 9.79 Å². The number of carbonyl (C=O) groups excluding carboxylic acids is 1. The molecule has 1 amide bonds. The molecule has 8 nitrogen and oxygen atoms in total. The summed E-state index contributed by atoms with van der Waals surface area (Å²) in [6.07, 6.45) is 5.64. The second-order valence-electron chi connectivity index (χ2n) is 6.79. The maximum absolute atomic E-state index is 11.8. The zero-order chi connectivity index (χ0) is 20.2. The molecule has 148 valence electrons. The highest BCUT2D eigenvalue weighted by molar-refractivity contribution is 6.30. The molecule has 0 aliphatic carbocycles. The van der Waals surface area contributed by atoms with Gasteiger partial charge in [-0.05, 0) is 42.3 Å². The third-order valence-electron chi connectivity index (χ3n) is 4.36. The maximum Gasteiger partial charge on any atom is 0.239 e. The summed E-state index contributed by atoms with van der Waals surface area (Å²) in [7, 11) is 0. The number of rotatable bonds is 4. The molecule has 2 aromatic rings. The molecule has 0 radical (unpaired) electrons. The Morgan fingerprint density at radius 1 is 1.24 bits per heavy atom. The van der Waals surface area contributed by atoms with Gasteiger partial charge in [-0.2, -0.15) is 15.0 Å². The number of nitrogens with one attached hydrogen (secondary N) is 2. The lowest BCUT2D eigenvalue weighted by molar-refractivity contribution is -0.120. The number of aliphatic imine (C=N–C) groups is 1. The van der Waals surface area contributed by atoms with Gasteiger partial charge in [0.15, 0.2) is 5.82 Å². The molecule has 0 bridgehead atoms. The lowest BCUT2D eigenvalue weighted by atomic mass is 10.2. The Morgan fingerprint density at radius 3 is 2.90 bits per heavy atom. The molecule has 1 aromatic heterocycles. The summed E-state index contributed by atoms with van der Waals surface area (Å²) < 4.78 is 0. The van der Waals surface area contributed by atoms with Crippen molar-refractivity contribution in [2.75, 3.05) is 36.4 Å². The number of hydrogen-bond acceptors (Lipinski definition) is 7. The van der Waals surface area contributed by atoms with Crippen LogP contribution in [0.15, 0.2) is 40.9 Å². The molecule has 1 fully saturated rings. The molecular weight excluding hydrogens is 390 g/mol. The number of benzene rings is 1. The molecule has 0 spiro atoms. The van der Waals surface area contributed by atoms with Crippen molar-refractivity contribution in [3.8, 4) is 0 Å². The summed E-state index contributed by atoms with van der Waals surface area (Å²) in [5.74, 6) is 1.96. The van der Waals surface area contributed by atoms with Crippen LogP contribution in [-0.2, 0) is 4.79 Å². The Bertz CT molecular complexity index is 1030. The van der Waals surface area contributed by atoms with Crippen LogP contribution >= 0.6 is 11.6 Å². The minimum Gasteiger partial charge on any atom is -0.353 e. The van der Waals surface area contributed by atoms with Crippen molar-refractivity contribution in [2.24, 2.45) is 4.99 Å². The van der Waals surface area contributed by atoms with E-state index in [1.54, 1.807) is 6.08 Å². The summed E-state index contributed by atoms with van der Waals surface area (Å²) in [6, 6.07) is 7.50. The summed E-state index contributed by atoms with van der Waals surface area (Å²) in [4.78, 5) is 31.5. The van der Waals surface area contributed by atoms with E-state index in [1.807, 2.05) is 48.2 Å². The standard InChI is InChI=1S/C20H20ClN7O/c1-13-9-17(23-11-13)25-19-24-16(6-5-14-3-2-4-15(21)10-14)26-20(27-19)28-8-7-22-18(29)12-28/h2-6,9-10H,7-8,11-12H2,1H3,(H,22,29)(H,23,24,25,26,27)/b6-5+. The highest BCUT2D eigenvalue weighted by Crippen LogP contribution is 2.16. The summed E-state index contributed by atoms with van der Waals surface area (Å²) in [6.45, 7) is 4.07. The van der Waals surface area contributed by atoms with Crippen LogP contribution in [0.4, 0.5) is 11.9 Å². The smallest absolute Gasteiger partial charge is 0.239 e. The van der Waals surface area contributed by atoms with Gasteiger partial charge >= 0.3 is 0 Å². The van der Waals surface area contributed by atoms with Crippen LogP contribution < -0.4 is 15.5 Å². The molecule has 1 saturated heterocycles. The van der Waals surface area contributed by atoms with Crippen molar-refractivity contribution < 1.29 is 4.79 Å². The number of aromatic nitrogens is 3. The quantitative estimate of drug-likeness (QED) is 0.805. The van der Waals surface area contributed by atoms with Gasteiger partial charge in [-0.1, -0.05) is 29.8 Å². The topological polar surface area (TPSA) is 95.4 Å². The molecule has 1 aromatic carbocycles.